The molecule has 2 saturated heterocycles. The summed E-state index contributed by atoms with van der Waals surface area (Å²) >= 11 is 0. The lowest BCUT2D eigenvalue weighted by atomic mass is 9.97. The van der Waals surface area contributed by atoms with Crippen molar-refractivity contribution >= 4 is 17.4 Å². The SMILES string of the molecule is O=C(CCN1CCCC(CN2CCN(c3ccccn3)CC2)C1)Nc1ccc(F)c(F)c1. The first-order chi connectivity index (χ1) is 15.6. The quantitative estimate of drug-likeness (QED) is 0.712. The predicted molar refractivity (Wildman–Crippen MR) is 122 cm³/mol. The Hall–Kier alpha value is -2.58. The van der Waals surface area contributed by atoms with Crippen LogP contribution in [0, 0.1) is 17.6 Å². The number of amides is 1. The van der Waals surface area contributed by atoms with Crippen molar-refractivity contribution in [3.63, 3.8) is 0 Å². The molecule has 0 radical (unpaired) electrons. The van der Waals surface area contributed by atoms with E-state index >= 15 is 0 Å². The molecular weight excluding hydrogens is 412 g/mol. The third-order valence-corrected chi connectivity index (χ3v) is 6.32. The van der Waals surface area contributed by atoms with Crippen LogP contribution in [0.25, 0.3) is 0 Å². The number of benzene rings is 1. The molecule has 3 heterocycles. The maximum absolute atomic E-state index is 13.3. The molecule has 6 nitrogen and oxygen atoms in total. The molecule has 1 atom stereocenters. The van der Waals surface area contributed by atoms with E-state index in [2.05, 4.69) is 31.1 Å². The van der Waals surface area contributed by atoms with Gasteiger partial charge in [0.05, 0.1) is 0 Å². The summed E-state index contributed by atoms with van der Waals surface area (Å²) in [4.78, 5) is 23.9. The summed E-state index contributed by atoms with van der Waals surface area (Å²) in [6, 6.07) is 9.46. The third kappa shape index (κ3) is 6.23. The Morgan fingerprint density at radius 3 is 2.62 bits per heavy atom. The van der Waals surface area contributed by atoms with E-state index in [0.717, 1.165) is 70.2 Å². The molecule has 1 aromatic carbocycles. The Morgan fingerprint density at radius 1 is 1.03 bits per heavy atom. The first-order valence-corrected chi connectivity index (χ1v) is 11.4. The fraction of sp³-hybridized carbons (Fsp3) is 0.500. The monoisotopic (exact) mass is 443 g/mol. The number of aromatic nitrogens is 1. The molecule has 0 aliphatic carbocycles. The zero-order chi connectivity index (χ0) is 22.3. The van der Waals surface area contributed by atoms with Gasteiger partial charge in [0.15, 0.2) is 11.6 Å². The number of piperazine rings is 1. The topological polar surface area (TPSA) is 51.7 Å². The number of anilines is 2. The molecule has 0 bridgehead atoms. The van der Waals surface area contributed by atoms with Crippen LogP contribution in [0.1, 0.15) is 19.3 Å². The van der Waals surface area contributed by atoms with E-state index in [1.807, 2.05) is 18.3 Å². The molecule has 2 aromatic rings. The van der Waals surface area contributed by atoms with Crippen LogP contribution in [0.3, 0.4) is 0 Å². The number of hydrogen-bond donors (Lipinski definition) is 1. The van der Waals surface area contributed by atoms with Gasteiger partial charge in [-0.15, -0.1) is 0 Å². The van der Waals surface area contributed by atoms with E-state index in [-0.39, 0.29) is 11.6 Å². The second-order valence-electron chi connectivity index (χ2n) is 8.71. The summed E-state index contributed by atoms with van der Waals surface area (Å²) < 4.78 is 26.3. The van der Waals surface area contributed by atoms with Crippen molar-refractivity contribution in [2.75, 3.05) is 62.6 Å². The Labute approximate surface area is 188 Å². The van der Waals surface area contributed by atoms with Crippen LogP contribution in [0.4, 0.5) is 20.3 Å². The van der Waals surface area contributed by atoms with Gasteiger partial charge in [0, 0.05) is 70.2 Å². The van der Waals surface area contributed by atoms with Crippen molar-refractivity contribution in [3.05, 3.63) is 54.2 Å². The minimum Gasteiger partial charge on any atom is -0.354 e. The van der Waals surface area contributed by atoms with Crippen molar-refractivity contribution < 1.29 is 13.6 Å². The van der Waals surface area contributed by atoms with Crippen LogP contribution in [0.15, 0.2) is 42.6 Å². The van der Waals surface area contributed by atoms with E-state index in [0.29, 0.717) is 18.9 Å². The van der Waals surface area contributed by atoms with Gasteiger partial charge in [-0.05, 0) is 49.6 Å². The van der Waals surface area contributed by atoms with E-state index in [1.54, 1.807) is 0 Å². The minimum atomic E-state index is -0.956. The Bertz CT molecular complexity index is 889. The molecule has 1 unspecified atom stereocenters. The molecule has 1 N–H and O–H groups in total. The lowest BCUT2D eigenvalue weighted by molar-refractivity contribution is -0.116. The maximum Gasteiger partial charge on any atom is 0.225 e. The van der Waals surface area contributed by atoms with Crippen LogP contribution in [-0.2, 0) is 4.79 Å². The van der Waals surface area contributed by atoms with Crippen LogP contribution >= 0.6 is 0 Å². The summed E-state index contributed by atoms with van der Waals surface area (Å²) in [6.07, 6.45) is 4.55. The summed E-state index contributed by atoms with van der Waals surface area (Å²) in [5.74, 6) is -0.385. The van der Waals surface area contributed by atoms with Gasteiger partial charge in [0.1, 0.15) is 5.82 Å². The summed E-state index contributed by atoms with van der Waals surface area (Å²) in [5.41, 5.74) is 0.287. The Kier molecular flexibility index (Phi) is 7.65. The standard InChI is InChI=1S/C24H31F2N5O/c25-21-7-6-20(16-22(21)26)28-24(32)8-11-29-10-3-4-19(17-29)18-30-12-14-31(15-13-30)23-5-1-2-9-27-23/h1-2,5-7,9,16,19H,3-4,8,10-15,17-18H2,(H,28,32). The largest absolute Gasteiger partial charge is 0.354 e. The average molecular weight is 444 g/mol. The Balaban J connectivity index is 1.17. The molecule has 2 aliphatic heterocycles. The number of halogens is 2. The minimum absolute atomic E-state index is 0.177. The molecule has 2 fully saturated rings. The zero-order valence-electron chi connectivity index (χ0n) is 18.4. The number of pyridine rings is 1. The molecule has 4 rings (SSSR count). The van der Waals surface area contributed by atoms with Crippen molar-refractivity contribution in [1.29, 1.82) is 0 Å². The lowest BCUT2D eigenvalue weighted by Gasteiger charge is -2.39. The van der Waals surface area contributed by atoms with Gasteiger partial charge in [-0.1, -0.05) is 6.07 Å². The van der Waals surface area contributed by atoms with Gasteiger partial charge < -0.3 is 15.1 Å². The molecule has 2 aliphatic rings. The van der Waals surface area contributed by atoms with Crippen molar-refractivity contribution in [2.45, 2.75) is 19.3 Å². The zero-order valence-corrected chi connectivity index (χ0v) is 18.4. The van der Waals surface area contributed by atoms with Crippen LogP contribution in [-0.4, -0.2) is 73.0 Å². The van der Waals surface area contributed by atoms with E-state index in [1.165, 1.54) is 12.5 Å². The molecule has 0 saturated carbocycles. The first-order valence-electron chi connectivity index (χ1n) is 11.4. The van der Waals surface area contributed by atoms with Gasteiger partial charge in [0.2, 0.25) is 5.91 Å². The number of nitrogens with one attached hydrogen (secondary N) is 1. The molecule has 1 aromatic heterocycles. The number of likely N-dealkylation sites (tertiary alicyclic amines) is 1. The van der Waals surface area contributed by atoms with Crippen LogP contribution in [0.2, 0.25) is 0 Å². The van der Waals surface area contributed by atoms with Gasteiger partial charge in [0.25, 0.3) is 0 Å². The highest BCUT2D eigenvalue weighted by Crippen LogP contribution is 2.20. The highest BCUT2D eigenvalue weighted by atomic mass is 19.2. The second-order valence-corrected chi connectivity index (χ2v) is 8.71. The van der Waals surface area contributed by atoms with Crippen LogP contribution < -0.4 is 10.2 Å². The van der Waals surface area contributed by atoms with Gasteiger partial charge in [-0.3, -0.25) is 9.69 Å². The van der Waals surface area contributed by atoms with Crippen molar-refractivity contribution in [2.24, 2.45) is 5.92 Å². The highest BCUT2D eigenvalue weighted by Gasteiger charge is 2.25. The van der Waals surface area contributed by atoms with Gasteiger partial charge in [-0.2, -0.15) is 0 Å². The predicted octanol–water partition coefficient (Wildman–Crippen LogP) is 3.22. The van der Waals surface area contributed by atoms with E-state index < -0.39 is 11.6 Å². The lowest BCUT2D eigenvalue weighted by Crippen LogP contribution is -2.50. The maximum atomic E-state index is 13.3. The highest BCUT2D eigenvalue weighted by molar-refractivity contribution is 5.90. The molecule has 0 spiro atoms. The number of rotatable bonds is 7. The van der Waals surface area contributed by atoms with Crippen molar-refractivity contribution in [1.82, 2.24) is 14.8 Å². The number of carbonyl (C=O) groups is 1. The number of piperidine rings is 1. The Morgan fingerprint density at radius 2 is 1.88 bits per heavy atom. The number of nitrogens with zero attached hydrogens (tertiary/aromatic N) is 4. The van der Waals surface area contributed by atoms with Gasteiger partial charge in [-0.25, -0.2) is 13.8 Å². The van der Waals surface area contributed by atoms with Crippen LogP contribution in [0.5, 0.6) is 0 Å². The van der Waals surface area contributed by atoms with Gasteiger partial charge >= 0.3 is 0 Å². The van der Waals surface area contributed by atoms with E-state index in [9.17, 15) is 13.6 Å². The fourth-order valence-corrected chi connectivity index (χ4v) is 4.63. The van der Waals surface area contributed by atoms with E-state index in [4.69, 9.17) is 0 Å². The normalized spacial score (nSPS) is 20.3. The third-order valence-electron chi connectivity index (χ3n) is 6.32. The molecular formula is C24H31F2N5O. The van der Waals surface area contributed by atoms with Crippen molar-refractivity contribution in [3.8, 4) is 0 Å². The molecule has 1 amide bonds. The molecule has 32 heavy (non-hydrogen) atoms. The molecule has 172 valence electrons. The summed E-state index contributed by atoms with van der Waals surface area (Å²) in [6.45, 7) is 7.86. The first kappa shape index (κ1) is 22.6. The fourth-order valence-electron chi connectivity index (χ4n) is 4.63. The summed E-state index contributed by atoms with van der Waals surface area (Å²) in [7, 11) is 0. The number of carbonyl (C=O) groups excluding carboxylic acids is 1. The number of hydrogen-bond acceptors (Lipinski definition) is 5. The smallest absolute Gasteiger partial charge is 0.225 e. The molecule has 8 heteroatoms. The summed E-state index contributed by atoms with van der Waals surface area (Å²) in [5, 5.41) is 2.65. The average Bonchev–Trinajstić information content (AvgIpc) is 2.81. The second kappa shape index (κ2) is 10.8.